The van der Waals surface area contributed by atoms with Gasteiger partial charge in [0.15, 0.2) is 0 Å². The summed E-state index contributed by atoms with van der Waals surface area (Å²) in [6, 6.07) is 3.58. The molecule has 4 heterocycles. The van der Waals surface area contributed by atoms with Gasteiger partial charge in [-0.1, -0.05) is 5.16 Å². The molecule has 3 aromatic heterocycles. The van der Waals surface area contributed by atoms with E-state index in [1.165, 1.54) is 0 Å². The van der Waals surface area contributed by atoms with Crippen LogP contribution in [0.2, 0.25) is 0 Å². The number of amides is 2. The fraction of sp³-hybridized carbons (Fsp3) is 0.353. The Balaban J connectivity index is 1.29. The van der Waals surface area contributed by atoms with E-state index in [0.29, 0.717) is 37.8 Å². The van der Waals surface area contributed by atoms with Gasteiger partial charge < -0.3 is 19.7 Å². The topological polar surface area (TPSA) is 113 Å². The summed E-state index contributed by atoms with van der Waals surface area (Å²) >= 11 is 0. The van der Waals surface area contributed by atoms with E-state index < -0.39 is 0 Å². The van der Waals surface area contributed by atoms with E-state index in [4.69, 9.17) is 4.52 Å². The Morgan fingerprint density at radius 3 is 3.19 bits per heavy atom. The average Bonchev–Trinajstić information content (AvgIpc) is 3.27. The monoisotopic (exact) mass is 353 g/mol. The number of H-pyrrole nitrogens is 1. The highest BCUT2D eigenvalue weighted by molar-refractivity contribution is 5.74. The van der Waals surface area contributed by atoms with Crippen LogP contribution in [0.1, 0.15) is 23.1 Å². The number of aromatic amines is 1. The molecule has 0 radical (unpaired) electrons. The number of hydrogen-bond donors (Lipinski definition) is 2. The molecule has 0 saturated heterocycles. The number of nitrogens with zero attached hydrogens (tertiary/aromatic N) is 5. The lowest BCUT2D eigenvalue weighted by Gasteiger charge is -2.26. The molecule has 4 rings (SSSR count). The van der Waals surface area contributed by atoms with Gasteiger partial charge in [-0.05, 0) is 19.1 Å². The van der Waals surface area contributed by atoms with E-state index in [0.717, 1.165) is 29.2 Å². The van der Waals surface area contributed by atoms with E-state index in [2.05, 4.69) is 30.4 Å². The van der Waals surface area contributed by atoms with Crippen molar-refractivity contribution in [1.29, 1.82) is 0 Å². The number of imidazole rings is 1. The van der Waals surface area contributed by atoms with Crippen LogP contribution < -0.4 is 5.32 Å². The molecular weight excluding hydrogens is 334 g/mol. The van der Waals surface area contributed by atoms with Crippen molar-refractivity contribution in [1.82, 2.24) is 35.3 Å². The minimum atomic E-state index is -0.102. The standard InChI is InChI=1S/C17H19N7O2/c1-11-20-13-5-8-24(10-14(13)21-11)17(25)19-7-4-15-22-16(23-26-15)12-3-2-6-18-9-12/h2-3,6,9H,4-5,7-8,10H2,1H3,(H,19,25)(H,20,21). The minimum absolute atomic E-state index is 0.102. The minimum Gasteiger partial charge on any atom is -0.344 e. The summed E-state index contributed by atoms with van der Waals surface area (Å²) in [4.78, 5) is 30.1. The molecule has 0 aliphatic carbocycles. The highest BCUT2D eigenvalue weighted by Gasteiger charge is 2.23. The van der Waals surface area contributed by atoms with E-state index in [-0.39, 0.29) is 6.03 Å². The van der Waals surface area contributed by atoms with Gasteiger partial charge >= 0.3 is 6.03 Å². The Kier molecular flexibility index (Phi) is 4.34. The molecular formula is C17H19N7O2. The first-order valence-electron chi connectivity index (χ1n) is 8.49. The molecule has 134 valence electrons. The van der Waals surface area contributed by atoms with E-state index >= 15 is 0 Å². The predicted octanol–water partition coefficient (Wildman–Crippen LogP) is 1.47. The fourth-order valence-electron chi connectivity index (χ4n) is 2.97. The van der Waals surface area contributed by atoms with Crippen molar-refractivity contribution in [3.05, 3.63) is 47.6 Å². The second-order valence-corrected chi connectivity index (χ2v) is 6.15. The molecule has 0 aromatic carbocycles. The zero-order valence-electron chi connectivity index (χ0n) is 14.4. The van der Waals surface area contributed by atoms with Crippen LogP contribution in [-0.2, 0) is 19.4 Å². The molecule has 3 aromatic rings. The molecule has 0 spiro atoms. The molecule has 0 bridgehead atoms. The number of hydrogen-bond acceptors (Lipinski definition) is 6. The number of rotatable bonds is 4. The SMILES string of the molecule is Cc1nc2c([nH]1)CN(C(=O)NCCc1nc(-c3cccnc3)no1)CC2. The van der Waals surface area contributed by atoms with E-state index in [1.807, 2.05) is 19.1 Å². The summed E-state index contributed by atoms with van der Waals surface area (Å²) < 4.78 is 5.23. The quantitative estimate of drug-likeness (QED) is 0.734. The third-order valence-electron chi connectivity index (χ3n) is 4.24. The van der Waals surface area contributed by atoms with Crippen molar-refractivity contribution in [3.63, 3.8) is 0 Å². The number of fused-ring (bicyclic) bond motifs is 1. The molecule has 9 heteroatoms. The largest absolute Gasteiger partial charge is 0.344 e. The fourth-order valence-corrected chi connectivity index (χ4v) is 2.97. The van der Waals surface area contributed by atoms with Gasteiger partial charge in [0, 0.05) is 43.9 Å². The lowest BCUT2D eigenvalue weighted by molar-refractivity contribution is 0.191. The number of urea groups is 1. The molecule has 0 fully saturated rings. The summed E-state index contributed by atoms with van der Waals surface area (Å²) in [7, 11) is 0. The number of carbonyl (C=O) groups excluding carboxylic acids is 1. The maximum Gasteiger partial charge on any atom is 0.317 e. The van der Waals surface area contributed by atoms with Crippen molar-refractivity contribution in [2.24, 2.45) is 0 Å². The van der Waals surface area contributed by atoms with Crippen LogP contribution in [-0.4, -0.2) is 49.1 Å². The Hall–Kier alpha value is -3.23. The maximum absolute atomic E-state index is 12.3. The Labute approximate surface area is 149 Å². The van der Waals surface area contributed by atoms with Gasteiger partial charge in [0.25, 0.3) is 0 Å². The van der Waals surface area contributed by atoms with Gasteiger partial charge in [-0.15, -0.1) is 0 Å². The highest BCUT2D eigenvalue weighted by Crippen LogP contribution is 2.16. The van der Waals surface area contributed by atoms with Crippen LogP contribution >= 0.6 is 0 Å². The Morgan fingerprint density at radius 1 is 1.42 bits per heavy atom. The number of aryl methyl sites for hydroxylation is 1. The van der Waals surface area contributed by atoms with Crippen LogP contribution in [0.25, 0.3) is 11.4 Å². The van der Waals surface area contributed by atoms with Crippen molar-refractivity contribution in [2.45, 2.75) is 26.3 Å². The van der Waals surface area contributed by atoms with Crippen molar-refractivity contribution < 1.29 is 9.32 Å². The summed E-state index contributed by atoms with van der Waals surface area (Å²) in [5.74, 6) is 1.87. The second kappa shape index (κ2) is 6.95. The first kappa shape index (κ1) is 16.2. The van der Waals surface area contributed by atoms with E-state index in [1.54, 1.807) is 17.3 Å². The van der Waals surface area contributed by atoms with Crippen molar-refractivity contribution >= 4 is 6.03 Å². The third-order valence-corrected chi connectivity index (χ3v) is 4.24. The molecule has 0 atom stereocenters. The predicted molar refractivity (Wildman–Crippen MR) is 92.1 cm³/mol. The lowest BCUT2D eigenvalue weighted by Crippen LogP contribution is -2.43. The van der Waals surface area contributed by atoms with Gasteiger partial charge in [0.2, 0.25) is 11.7 Å². The summed E-state index contributed by atoms with van der Waals surface area (Å²) in [5.41, 5.74) is 2.87. The lowest BCUT2D eigenvalue weighted by atomic mass is 10.1. The van der Waals surface area contributed by atoms with Gasteiger partial charge in [-0.25, -0.2) is 9.78 Å². The van der Waals surface area contributed by atoms with Gasteiger partial charge in [-0.3, -0.25) is 4.98 Å². The first-order valence-corrected chi connectivity index (χ1v) is 8.49. The number of carbonyl (C=O) groups is 1. The van der Waals surface area contributed by atoms with Crippen LogP contribution in [0.15, 0.2) is 29.0 Å². The van der Waals surface area contributed by atoms with Crippen molar-refractivity contribution in [3.8, 4) is 11.4 Å². The number of aromatic nitrogens is 5. The third kappa shape index (κ3) is 3.41. The van der Waals surface area contributed by atoms with Crippen LogP contribution in [0.4, 0.5) is 4.79 Å². The second-order valence-electron chi connectivity index (χ2n) is 6.15. The average molecular weight is 353 g/mol. The summed E-state index contributed by atoms with van der Waals surface area (Å²) in [5, 5.41) is 6.84. The molecule has 26 heavy (non-hydrogen) atoms. The Bertz CT molecular complexity index is 903. The normalized spacial score (nSPS) is 13.5. The molecule has 1 aliphatic heterocycles. The van der Waals surface area contributed by atoms with Crippen molar-refractivity contribution in [2.75, 3.05) is 13.1 Å². The maximum atomic E-state index is 12.3. The van der Waals surface area contributed by atoms with Gasteiger partial charge in [0.05, 0.1) is 17.9 Å². The summed E-state index contributed by atoms with van der Waals surface area (Å²) in [6.07, 6.45) is 4.61. The molecule has 9 nitrogen and oxygen atoms in total. The Morgan fingerprint density at radius 2 is 2.35 bits per heavy atom. The van der Waals surface area contributed by atoms with Gasteiger partial charge in [-0.2, -0.15) is 4.98 Å². The number of nitrogens with one attached hydrogen (secondary N) is 2. The van der Waals surface area contributed by atoms with Crippen LogP contribution in [0, 0.1) is 6.92 Å². The molecule has 1 aliphatic rings. The molecule has 0 saturated carbocycles. The van der Waals surface area contributed by atoms with Crippen LogP contribution in [0.3, 0.4) is 0 Å². The van der Waals surface area contributed by atoms with Crippen LogP contribution in [0.5, 0.6) is 0 Å². The highest BCUT2D eigenvalue weighted by atomic mass is 16.5. The first-order chi connectivity index (χ1) is 12.7. The smallest absolute Gasteiger partial charge is 0.317 e. The van der Waals surface area contributed by atoms with E-state index in [9.17, 15) is 4.79 Å². The molecule has 2 amide bonds. The van der Waals surface area contributed by atoms with Gasteiger partial charge in [0.1, 0.15) is 5.82 Å². The molecule has 2 N–H and O–H groups in total. The zero-order chi connectivity index (χ0) is 17.9. The zero-order valence-corrected chi connectivity index (χ0v) is 14.4. The summed E-state index contributed by atoms with van der Waals surface area (Å²) in [6.45, 7) is 3.56. The number of pyridine rings is 1. The molecule has 0 unspecified atom stereocenters.